The van der Waals surface area contributed by atoms with E-state index < -0.39 is 5.97 Å². The third-order valence-corrected chi connectivity index (χ3v) is 6.50. The Labute approximate surface area is 188 Å². The fourth-order valence-corrected chi connectivity index (χ4v) is 4.60. The van der Waals surface area contributed by atoms with Gasteiger partial charge in [0, 0.05) is 11.8 Å². The third kappa shape index (κ3) is 4.87. The maximum atomic E-state index is 12.1. The van der Waals surface area contributed by atoms with Crippen molar-refractivity contribution in [2.24, 2.45) is 0 Å². The fourth-order valence-electron chi connectivity index (χ4n) is 4.60. The predicted molar refractivity (Wildman–Crippen MR) is 124 cm³/mol. The van der Waals surface area contributed by atoms with Crippen LogP contribution >= 0.6 is 0 Å². The fraction of sp³-hybridized carbons (Fsp3) is 0.407. The third-order valence-electron chi connectivity index (χ3n) is 6.50. The molecule has 1 aromatic heterocycles. The van der Waals surface area contributed by atoms with E-state index in [1.54, 1.807) is 6.07 Å². The minimum absolute atomic E-state index is 0.0297. The second kappa shape index (κ2) is 9.60. The highest BCUT2D eigenvalue weighted by Crippen LogP contribution is 2.31. The molecule has 1 aliphatic rings. The van der Waals surface area contributed by atoms with Crippen LogP contribution in [0.5, 0.6) is 5.75 Å². The summed E-state index contributed by atoms with van der Waals surface area (Å²) in [6.45, 7) is 4.21. The molecule has 1 saturated carbocycles. The van der Waals surface area contributed by atoms with Crippen molar-refractivity contribution < 1.29 is 23.8 Å². The maximum absolute atomic E-state index is 12.1. The number of hydrogen-bond donors (Lipinski definition) is 1. The number of hydrogen-bond acceptors (Lipinski definition) is 4. The zero-order valence-electron chi connectivity index (χ0n) is 18.7. The van der Waals surface area contributed by atoms with Gasteiger partial charge in [-0.05, 0) is 92.3 Å². The molecule has 2 unspecified atom stereocenters. The Morgan fingerprint density at radius 2 is 2.03 bits per heavy atom. The Balaban J connectivity index is 1.42. The Morgan fingerprint density at radius 1 is 1.19 bits per heavy atom. The van der Waals surface area contributed by atoms with E-state index >= 15 is 0 Å². The van der Waals surface area contributed by atoms with E-state index in [-0.39, 0.29) is 17.6 Å². The minimum atomic E-state index is -1.05. The first-order valence-corrected chi connectivity index (χ1v) is 11.5. The molecule has 1 aliphatic carbocycles. The SMILES string of the molecule is CCC(CCc1ccc(OC2CCCCC2=O)c(C)c1)c1ccc2oc(C(=O)O)cc2c1. The quantitative estimate of drug-likeness (QED) is 0.440. The number of ketones is 1. The number of fused-ring (bicyclic) bond motifs is 1. The largest absolute Gasteiger partial charge is 0.482 e. The van der Waals surface area contributed by atoms with Gasteiger partial charge >= 0.3 is 5.97 Å². The molecule has 1 fully saturated rings. The van der Waals surface area contributed by atoms with E-state index in [0.717, 1.165) is 55.2 Å². The molecule has 0 bridgehead atoms. The highest BCUT2D eigenvalue weighted by atomic mass is 16.5. The van der Waals surface area contributed by atoms with Crippen molar-refractivity contribution in [1.82, 2.24) is 0 Å². The summed E-state index contributed by atoms with van der Waals surface area (Å²) >= 11 is 0. The van der Waals surface area contributed by atoms with Crippen LogP contribution in [-0.2, 0) is 11.2 Å². The van der Waals surface area contributed by atoms with Gasteiger partial charge < -0.3 is 14.3 Å². The van der Waals surface area contributed by atoms with Gasteiger partial charge in [-0.3, -0.25) is 4.79 Å². The van der Waals surface area contributed by atoms with E-state index in [1.165, 1.54) is 11.1 Å². The zero-order valence-corrected chi connectivity index (χ0v) is 18.7. The molecule has 5 heteroatoms. The van der Waals surface area contributed by atoms with Crippen LogP contribution in [0.3, 0.4) is 0 Å². The van der Waals surface area contributed by atoms with Crippen molar-refractivity contribution in [2.45, 2.75) is 70.8 Å². The van der Waals surface area contributed by atoms with Gasteiger partial charge in [0.1, 0.15) is 11.3 Å². The van der Waals surface area contributed by atoms with Gasteiger partial charge in [0.25, 0.3) is 0 Å². The average Bonchev–Trinajstić information content (AvgIpc) is 3.21. The number of carboxylic acid groups (broad SMARTS) is 1. The van der Waals surface area contributed by atoms with Crippen molar-refractivity contribution in [1.29, 1.82) is 0 Å². The van der Waals surface area contributed by atoms with E-state index in [9.17, 15) is 9.59 Å². The molecule has 1 heterocycles. The van der Waals surface area contributed by atoms with Gasteiger partial charge in [0.15, 0.2) is 11.9 Å². The van der Waals surface area contributed by atoms with Crippen LogP contribution in [0.2, 0.25) is 0 Å². The summed E-state index contributed by atoms with van der Waals surface area (Å²) in [5.74, 6) is 0.318. The number of Topliss-reactive ketones (excluding diaryl/α,β-unsaturated/α-hetero) is 1. The normalized spacial score (nSPS) is 17.4. The molecule has 3 aromatic rings. The van der Waals surface area contributed by atoms with Gasteiger partial charge in [-0.25, -0.2) is 4.79 Å². The summed E-state index contributed by atoms with van der Waals surface area (Å²) in [5.41, 5.74) is 4.12. The Bertz CT molecular complexity index is 1130. The predicted octanol–water partition coefficient (Wildman–Crippen LogP) is 6.46. The Morgan fingerprint density at radius 3 is 2.75 bits per heavy atom. The first-order valence-electron chi connectivity index (χ1n) is 11.5. The van der Waals surface area contributed by atoms with Gasteiger partial charge in [-0.1, -0.05) is 25.1 Å². The molecule has 0 aliphatic heterocycles. The molecular weight excluding hydrogens is 404 g/mol. The molecule has 5 nitrogen and oxygen atoms in total. The number of benzene rings is 2. The van der Waals surface area contributed by atoms with Crippen molar-refractivity contribution in [2.75, 3.05) is 0 Å². The molecule has 0 radical (unpaired) electrons. The number of carbonyl (C=O) groups excluding carboxylic acids is 1. The van der Waals surface area contributed by atoms with Crippen LogP contribution in [-0.4, -0.2) is 23.0 Å². The smallest absolute Gasteiger partial charge is 0.371 e. The van der Waals surface area contributed by atoms with E-state index in [0.29, 0.717) is 17.9 Å². The molecule has 2 atom stereocenters. The number of carbonyl (C=O) groups is 2. The zero-order chi connectivity index (χ0) is 22.7. The second-order valence-corrected chi connectivity index (χ2v) is 8.78. The number of furan rings is 1. The van der Waals surface area contributed by atoms with Gasteiger partial charge in [0.05, 0.1) is 0 Å². The summed E-state index contributed by atoms with van der Waals surface area (Å²) in [6, 6.07) is 13.8. The number of carboxylic acids is 1. The topological polar surface area (TPSA) is 76.7 Å². The Hall–Kier alpha value is -3.08. The monoisotopic (exact) mass is 434 g/mol. The van der Waals surface area contributed by atoms with Crippen molar-refractivity contribution in [3.05, 3.63) is 64.9 Å². The summed E-state index contributed by atoms with van der Waals surface area (Å²) in [5, 5.41) is 9.98. The molecule has 2 aromatic carbocycles. The highest BCUT2D eigenvalue weighted by Gasteiger charge is 2.24. The molecule has 0 spiro atoms. The maximum Gasteiger partial charge on any atom is 0.371 e. The number of rotatable bonds is 8. The molecular formula is C27H30O5. The van der Waals surface area contributed by atoms with Crippen molar-refractivity contribution in [3.8, 4) is 5.75 Å². The van der Waals surface area contributed by atoms with Crippen molar-refractivity contribution >= 4 is 22.7 Å². The van der Waals surface area contributed by atoms with Gasteiger partial charge in [0.2, 0.25) is 5.76 Å². The lowest BCUT2D eigenvalue weighted by atomic mass is 9.89. The lowest BCUT2D eigenvalue weighted by molar-refractivity contribution is -0.127. The molecule has 4 rings (SSSR count). The van der Waals surface area contributed by atoms with Crippen LogP contribution in [0.1, 0.15) is 78.6 Å². The summed E-state index contributed by atoms with van der Waals surface area (Å²) < 4.78 is 11.4. The molecule has 168 valence electrons. The van der Waals surface area contributed by atoms with Crippen LogP contribution in [0.4, 0.5) is 0 Å². The summed E-state index contributed by atoms with van der Waals surface area (Å²) in [6.07, 6.45) is 6.10. The van der Waals surface area contributed by atoms with E-state index in [2.05, 4.69) is 19.1 Å². The number of aryl methyl sites for hydroxylation is 2. The summed E-state index contributed by atoms with van der Waals surface area (Å²) in [4.78, 5) is 23.2. The molecule has 0 saturated heterocycles. The van der Waals surface area contributed by atoms with Crippen LogP contribution < -0.4 is 4.74 Å². The molecule has 0 amide bonds. The number of aromatic carboxylic acids is 1. The van der Waals surface area contributed by atoms with Crippen LogP contribution in [0.25, 0.3) is 11.0 Å². The van der Waals surface area contributed by atoms with Crippen LogP contribution in [0, 0.1) is 6.92 Å². The highest BCUT2D eigenvalue weighted by molar-refractivity contribution is 5.91. The molecule has 32 heavy (non-hydrogen) atoms. The van der Waals surface area contributed by atoms with E-state index in [1.807, 2.05) is 31.2 Å². The van der Waals surface area contributed by atoms with E-state index in [4.69, 9.17) is 14.3 Å². The lowest BCUT2D eigenvalue weighted by Crippen LogP contribution is -2.30. The summed E-state index contributed by atoms with van der Waals surface area (Å²) in [7, 11) is 0. The first kappa shape index (κ1) is 22.1. The Kier molecular flexibility index (Phi) is 6.63. The first-order chi connectivity index (χ1) is 15.4. The van der Waals surface area contributed by atoms with Gasteiger partial charge in [-0.2, -0.15) is 0 Å². The number of ether oxygens (including phenoxy) is 1. The average molecular weight is 435 g/mol. The minimum Gasteiger partial charge on any atom is -0.482 e. The second-order valence-electron chi connectivity index (χ2n) is 8.78. The van der Waals surface area contributed by atoms with Gasteiger partial charge in [-0.15, -0.1) is 0 Å². The molecule has 1 N–H and O–H groups in total. The van der Waals surface area contributed by atoms with Crippen LogP contribution in [0.15, 0.2) is 46.9 Å². The standard InChI is InChI=1S/C27H30O5/c1-3-19(20-11-13-24-21(15-20)16-26(32-24)27(29)30)10-8-18-9-12-23(17(2)14-18)31-25-7-5-4-6-22(25)28/h9,11-16,19,25H,3-8,10H2,1-2H3,(H,29,30). The van der Waals surface area contributed by atoms with Crippen molar-refractivity contribution in [3.63, 3.8) is 0 Å². The lowest BCUT2D eigenvalue weighted by Gasteiger charge is -2.23.